The van der Waals surface area contributed by atoms with Crippen molar-refractivity contribution in [2.24, 2.45) is 0 Å². The summed E-state index contributed by atoms with van der Waals surface area (Å²) in [6.45, 7) is 1.80. The SMILES string of the molecule is Cc1c(C(=O)Nc2ccc(C3(C#N)CCC(OC(=O)CCC(=O)O)CC3)nc2)cnn1-c1ccc(Cl)cc1. The van der Waals surface area contributed by atoms with E-state index in [1.54, 1.807) is 35.9 Å². The molecule has 1 saturated carbocycles. The molecule has 10 nitrogen and oxygen atoms in total. The zero-order valence-electron chi connectivity index (χ0n) is 20.7. The highest BCUT2D eigenvalue weighted by atomic mass is 35.5. The van der Waals surface area contributed by atoms with Gasteiger partial charge in [-0.25, -0.2) is 4.68 Å². The lowest BCUT2D eigenvalue weighted by Gasteiger charge is -2.34. The lowest BCUT2D eigenvalue weighted by atomic mass is 9.72. The summed E-state index contributed by atoms with van der Waals surface area (Å²) in [5, 5.41) is 26.4. The van der Waals surface area contributed by atoms with Crippen molar-refractivity contribution in [3.05, 3.63) is 70.8 Å². The number of pyridine rings is 1. The molecule has 196 valence electrons. The van der Waals surface area contributed by atoms with Gasteiger partial charge in [-0.15, -0.1) is 0 Å². The van der Waals surface area contributed by atoms with Crippen LogP contribution in [0.25, 0.3) is 5.69 Å². The first-order chi connectivity index (χ1) is 18.2. The van der Waals surface area contributed by atoms with Crippen molar-refractivity contribution in [1.82, 2.24) is 14.8 Å². The number of halogens is 1. The number of ether oxygens (including phenoxy) is 1. The number of carboxylic acids is 1. The molecule has 3 aromatic rings. The summed E-state index contributed by atoms with van der Waals surface area (Å²) in [6, 6.07) is 12.9. The van der Waals surface area contributed by atoms with Crippen molar-refractivity contribution >= 4 is 35.1 Å². The predicted octanol–water partition coefficient (Wildman–Crippen LogP) is 4.59. The fourth-order valence-corrected chi connectivity index (χ4v) is 4.63. The summed E-state index contributed by atoms with van der Waals surface area (Å²) in [6.07, 6.45) is 4.06. The summed E-state index contributed by atoms with van der Waals surface area (Å²) < 4.78 is 7.03. The van der Waals surface area contributed by atoms with E-state index in [0.717, 1.165) is 5.69 Å². The molecule has 0 aliphatic heterocycles. The number of benzene rings is 1. The van der Waals surface area contributed by atoms with Crippen LogP contribution < -0.4 is 5.32 Å². The number of aliphatic carboxylic acids is 1. The maximum absolute atomic E-state index is 12.9. The van der Waals surface area contributed by atoms with Crippen LogP contribution in [0.1, 0.15) is 60.3 Å². The van der Waals surface area contributed by atoms with Gasteiger partial charge in [0.2, 0.25) is 0 Å². The maximum atomic E-state index is 12.9. The molecule has 1 aliphatic rings. The van der Waals surface area contributed by atoms with Crippen molar-refractivity contribution in [2.45, 2.75) is 57.0 Å². The normalized spacial score (nSPS) is 18.8. The van der Waals surface area contributed by atoms with Gasteiger partial charge in [0.25, 0.3) is 5.91 Å². The van der Waals surface area contributed by atoms with Crippen LogP contribution >= 0.6 is 11.6 Å². The Kier molecular flexibility index (Phi) is 8.08. The zero-order chi connectivity index (χ0) is 27.3. The number of esters is 1. The van der Waals surface area contributed by atoms with Gasteiger partial charge >= 0.3 is 11.9 Å². The summed E-state index contributed by atoms with van der Waals surface area (Å²) in [7, 11) is 0. The van der Waals surface area contributed by atoms with Gasteiger partial charge in [0.15, 0.2) is 0 Å². The van der Waals surface area contributed by atoms with Crippen LogP contribution in [0.3, 0.4) is 0 Å². The first-order valence-corrected chi connectivity index (χ1v) is 12.5. The number of anilines is 1. The number of aromatic nitrogens is 3. The third-order valence-corrected chi connectivity index (χ3v) is 6.93. The molecule has 0 bridgehead atoms. The lowest BCUT2D eigenvalue weighted by Crippen LogP contribution is -2.35. The number of carbonyl (C=O) groups is 3. The van der Waals surface area contributed by atoms with Gasteiger partial charge in [0, 0.05) is 5.02 Å². The average molecular weight is 536 g/mol. The lowest BCUT2D eigenvalue weighted by molar-refractivity contribution is -0.153. The van der Waals surface area contributed by atoms with Gasteiger partial charge in [-0.05, 0) is 69.0 Å². The Labute approximate surface area is 224 Å². The number of amides is 1. The fraction of sp³-hybridized carbons (Fsp3) is 0.333. The van der Waals surface area contributed by atoms with E-state index in [0.29, 0.717) is 53.3 Å². The molecule has 2 heterocycles. The Bertz CT molecular complexity index is 1370. The van der Waals surface area contributed by atoms with Crippen molar-refractivity contribution in [3.63, 3.8) is 0 Å². The predicted molar refractivity (Wildman–Crippen MR) is 138 cm³/mol. The quantitative estimate of drug-likeness (QED) is 0.398. The molecule has 1 aliphatic carbocycles. The minimum atomic E-state index is -1.05. The highest BCUT2D eigenvalue weighted by Gasteiger charge is 2.39. The molecule has 0 spiro atoms. The molecular formula is C27H26ClN5O5. The Morgan fingerprint density at radius 3 is 2.47 bits per heavy atom. The van der Waals surface area contributed by atoms with Gasteiger partial charge in [-0.1, -0.05) is 11.6 Å². The van der Waals surface area contributed by atoms with Gasteiger partial charge in [-0.3, -0.25) is 19.4 Å². The third kappa shape index (κ3) is 6.01. The first-order valence-electron chi connectivity index (χ1n) is 12.1. The van der Waals surface area contributed by atoms with Crippen LogP contribution in [0.15, 0.2) is 48.8 Å². The molecule has 2 N–H and O–H groups in total. The number of carboxylic acid groups (broad SMARTS) is 1. The van der Waals surface area contributed by atoms with Crippen LogP contribution in [-0.2, 0) is 19.7 Å². The van der Waals surface area contributed by atoms with Gasteiger partial charge < -0.3 is 15.2 Å². The summed E-state index contributed by atoms with van der Waals surface area (Å²) >= 11 is 5.96. The zero-order valence-corrected chi connectivity index (χ0v) is 21.4. The van der Waals surface area contributed by atoms with Crippen LogP contribution in [0.5, 0.6) is 0 Å². The van der Waals surface area contributed by atoms with Gasteiger partial charge in [0.1, 0.15) is 6.10 Å². The second-order valence-corrected chi connectivity index (χ2v) is 9.63. The molecule has 0 saturated heterocycles. The maximum Gasteiger partial charge on any atom is 0.306 e. The highest BCUT2D eigenvalue weighted by molar-refractivity contribution is 6.30. The van der Waals surface area contributed by atoms with E-state index in [4.69, 9.17) is 21.4 Å². The molecule has 0 atom stereocenters. The molecule has 0 radical (unpaired) electrons. The minimum absolute atomic E-state index is 0.175. The van der Waals surface area contributed by atoms with E-state index < -0.39 is 17.4 Å². The molecule has 0 unspecified atom stereocenters. The van der Waals surface area contributed by atoms with Crippen molar-refractivity contribution in [1.29, 1.82) is 5.26 Å². The monoisotopic (exact) mass is 535 g/mol. The van der Waals surface area contributed by atoms with Crippen LogP contribution in [0, 0.1) is 18.3 Å². The molecule has 2 aromatic heterocycles. The molecule has 38 heavy (non-hydrogen) atoms. The van der Waals surface area contributed by atoms with Crippen molar-refractivity contribution in [3.8, 4) is 11.8 Å². The minimum Gasteiger partial charge on any atom is -0.481 e. The molecule has 1 fully saturated rings. The number of nitriles is 1. The van der Waals surface area contributed by atoms with E-state index in [9.17, 15) is 19.6 Å². The number of nitrogens with zero attached hydrogens (tertiary/aromatic N) is 4. The molecule has 1 aromatic carbocycles. The van der Waals surface area contributed by atoms with E-state index in [-0.39, 0.29) is 24.9 Å². The van der Waals surface area contributed by atoms with E-state index in [2.05, 4.69) is 21.5 Å². The Morgan fingerprint density at radius 2 is 1.87 bits per heavy atom. The summed E-state index contributed by atoms with van der Waals surface area (Å²) in [5.41, 5.74) is 2.09. The van der Waals surface area contributed by atoms with Crippen molar-refractivity contribution in [2.75, 3.05) is 5.32 Å². The second kappa shape index (κ2) is 11.4. The number of nitrogens with one attached hydrogen (secondary N) is 1. The Hall–Kier alpha value is -4.23. The molecular weight excluding hydrogens is 510 g/mol. The van der Waals surface area contributed by atoms with Crippen LogP contribution in [0.4, 0.5) is 5.69 Å². The number of carbonyl (C=O) groups excluding carboxylic acids is 2. The van der Waals surface area contributed by atoms with Gasteiger partial charge in [0.05, 0.1) is 65.0 Å². The van der Waals surface area contributed by atoms with Crippen molar-refractivity contribution < 1.29 is 24.2 Å². The second-order valence-electron chi connectivity index (χ2n) is 9.19. The number of hydrogen-bond donors (Lipinski definition) is 2. The summed E-state index contributed by atoms with van der Waals surface area (Å²) in [4.78, 5) is 39.8. The fourth-order valence-electron chi connectivity index (χ4n) is 4.51. The molecule has 1 amide bonds. The largest absolute Gasteiger partial charge is 0.481 e. The molecule has 11 heteroatoms. The van der Waals surface area contributed by atoms with Crippen LogP contribution in [-0.4, -0.2) is 43.8 Å². The first kappa shape index (κ1) is 26.8. The number of hydrogen-bond acceptors (Lipinski definition) is 7. The summed E-state index contributed by atoms with van der Waals surface area (Å²) in [5.74, 6) is -1.94. The highest BCUT2D eigenvalue weighted by Crippen LogP contribution is 2.39. The van der Waals surface area contributed by atoms with Crippen LogP contribution in [0.2, 0.25) is 5.02 Å². The standard InChI is InChI=1S/C27H26ClN5O5/c1-17-22(15-31-33(17)20-5-2-18(28)3-6-20)26(37)32-19-4-7-23(30-14-19)27(16-29)12-10-21(11-13-27)38-25(36)9-8-24(34)35/h2-7,14-15,21H,8-13H2,1H3,(H,32,37)(H,34,35). The Morgan fingerprint density at radius 1 is 1.16 bits per heavy atom. The average Bonchev–Trinajstić information content (AvgIpc) is 3.30. The molecule has 4 rings (SSSR count). The van der Waals surface area contributed by atoms with Gasteiger partial charge in [-0.2, -0.15) is 10.4 Å². The van der Waals surface area contributed by atoms with E-state index >= 15 is 0 Å². The smallest absolute Gasteiger partial charge is 0.306 e. The van der Waals surface area contributed by atoms with E-state index in [1.807, 2.05) is 12.1 Å². The van der Waals surface area contributed by atoms with E-state index in [1.165, 1.54) is 12.4 Å². The third-order valence-electron chi connectivity index (χ3n) is 6.68. The Balaban J connectivity index is 1.38. The number of rotatable bonds is 8. The topological polar surface area (TPSA) is 147 Å².